The van der Waals surface area contributed by atoms with Gasteiger partial charge in [-0.2, -0.15) is 5.10 Å². The number of aliphatic hydroxyl groups excluding tert-OH is 1. The molecule has 0 amide bonds. The predicted molar refractivity (Wildman–Crippen MR) is 88.3 cm³/mol. The molecule has 2 rings (SSSR count). The number of rotatable bonds is 5. The number of aliphatic hydroxyl groups is 1. The van der Waals surface area contributed by atoms with Gasteiger partial charge in [0.1, 0.15) is 11.5 Å². The van der Waals surface area contributed by atoms with Crippen LogP contribution in [0, 0.1) is 6.92 Å². The third-order valence-corrected chi connectivity index (χ3v) is 3.15. The van der Waals surface area contributed by atoms with Crippen molar-refractivity contribution in [2.24, 2.45) is 0 Å². The number of halogens is 1. The highest BCUT2D eigenvalue weighted by atomic mass is 35.5. The molecule has 8 N–H and O–H groups in total. The molecule has 21 heavy (non-hydrogen) atoms. The number of hydrogen-bond acceptors (Lipinski definition) is 6. The SMILES string of the molecule is Cc1cc(NCc2nn(CCO)c(N)c2N)ccc1N.Cl. The van der Waals surface area contributed by atoms with Crippen LogP contribution in [-0.4, -0.2) is 21.5 Å². The van der Waals surface area contributed by atoms with E-state index in [0.717, 1.165) is 16.9 Å². The maximum atomic E-state index is 8.92. The van der Waals surface area contributed by atoms with Gasteiger partial charge in [-0.3, -0.25) is 0 Å². The lowest BCUT2D eigenvalue weighted by atomic mass is 10.2. The first kappa shape index (κ1) is 16.9. The highest BCUT2D eigenvalue weighted by molar-refractivity contribution is 5.85. The third-order valence-electron chi connectivity index (χ3n) is 3.15. The molecule has 1 aromatic heterocycles. The van der Waals surface area contributed by atoms with E-state index in [1.54, 1.807) is 0 Å². The average Bonchev–Trinajstić information content (AvgIpc) is 2.69. The van der Waals surface area contributed by atoms with Crippen molar-refractivity contribution < 1.29 is 5.11 Å². The highest BCUT2D eigenvalue weighted by Crippen LogP contribution is 2.22. The van der Waals surface area contributed by atoms with Crippen LogP contribution < -0.4 is 22.5 Å². The summed E-state index contributed by atoms with van der Waals surface area (Å²) in [5.41, 5.74) is 21.3. The molecule has 0 saturated heterocycles. The number of benzene rings is 1. The first-order chi connectivity index (χ1) is 9.52. The molecule has 0 atom stereocenters. The number of nitrogens with zero attached hydrogens (tertiary/aromatic N) is 2. The van der Waals surface area contributed by atoms with Gasteiger partial charge in [0.15, 0.2) is 0 Å². The molecule has 0 aliphatic carbocycles. The van der Waals surface area contributed by atoms with Crippen LogP contribution in [0.2, 0.25) is 0 Å². The van der Waals surface area contributed by atoms with Gasteiger partial charge in [-0.25, -0.2) is 4.68 Å². The minimum Gasteiger partial charge on any atom is -0.399 e. The summed E-state index contributed by atoms with van der Waals surface area (Å²) < 4.78 is 1.50. The molecule has 1 heterocycles. The van der Waals surface area contributed by atoms with Gasteiger partial charge >= 0.3 is 0 Å². The topological polar surface area (TPSA) is 128 Å². The Balaban J connectivity index is 0.00000220. The van der Waals surface area contributed by atoms with Gasteiger partial charge in [0.05, 0.1) is 25.4 Å². The molecule has 0 spiro atoms. The van der Waals surface area contributed by atoms with Crippen molar-refractivity contribution in [3.63, 3.8) is 0 Å². The summed E-state index contributed by atoms with van der Waals surface area (Å²) in [6, 6.07) is 5.70. The second-order valence-electron chi connectivity index (χ2n) is 4.62. The van der Waals surface area contributed by atoms with Gasteiger partial charge in [-0.15, -0.1) is 12.4 Å². The summed E-state index contributed by atoms with van der Waals surface area (Å²) >= 11 is 0. The minimum absolute atomic E-state index is 0. The molecule has 0 saturated carbocycles. The quantitative estimate of drug-likeness (QED) is 0.523. The predicted octanol–water partition coefficient (Wildman–Crippen LogP) is 0.964. The molecule has 0 unspecified atom stereocenters. The molecule has 2 aromatic rings. The van der Waals surface area contributed by atoms with Crippen molar-refractivity contribution in [1.82, 2.24) is 9.78 Å². The molecule has 0 aliphatic heterocycles. The van der Waals surface area contributed by atoms with Crippen molar-refractivity contribution in [1.29, 1.82) is 0 Å². The fourth-order valence-electron chi connectivity index (χ4n) is 1.91. The second kappa shape index (κ2) is 7.05. The van der Waals surface area contributed by atoms with Gasteiger partial charge in [0, 0.05) is 11.4 Å². The summed E-state index contributed by atoms with van der Waals surface area (Å²) in [5.74, 6) is 0.379. The van der Waals surface area contributed by atoms with E-state index in [9.17, 15) is 0 Å². The van der Waals surface area contributed by atoms with Crippen molar-refractivity contribution in [3.05, 3.63) is 29.5 Å². The van der Waals surface area contributed by atoms with Gasteiger partial charge in [-0.05, 0) is 30.7 Å². The minimum atomic E-state index is -0.0324. The van der Waals surface area contributed by atoms with Crippen molar-refractivity contribution >= 4 is 35.3 Å². The summed E-state index contributed by atoms with van der Waals surface area (Å²) in [5, 5.41) is 16.4. The standard InChI is InChI=1S/C13H20N6O.ClH/c1-8-6-9(2-3-10(8)14)17-7-11-12(15)13(16)19(18-11)4-5-20;/h2-3,6,17,20H,4-5,7,14-16H2,1H3;1H. The molecule has 7 nitrogen and oxygen atoms in total. The van der Waals surface area contributed by atoms with E-state index in [1.807, 2.05) is 25.1 Å². The number of anilines is 4. The van der Waals surface area contributed by atoms with Crippen molar-refractivity contribution in [3.8, 4) is 0 Å². The Hall–Kier alpha value is -2.12. The van der Waals surface area contributed by atoms with Crippen molar-refractivity contribution in [2.75, 3.05) is 29.1 Å². The van der Waals surface area contributed by atoms with E-state index < -0.39 is 0 Å². The zero-order valence-corrected chi connectivity index (χ0v) is 12.7. The van der Waals surface area contributed by atoms with Crippen LogP contribution in [0.5, 0.6) is 0 Å². The third kappa shape index (κ3) is 3.71. The number of aromatic nitrogens is 2. The Bertz CT molecular complexity index is 613. The highest BCUT2D eigenvalue weighted by Gasteiger charge is 2.12. The lowest BCUT2D eigenvalue weighted by molar-refractivity contribution is 0.270. The molecule has 8 heteroatoms. The normalized spacial score (nSPS) is 10.2. The molecular weight excluding hydrogens is 292 g/mol. The number of nitrogen functional groups attached to an aromatic ring is 3. The van der Waals surface area contributed by atoms with E-state index >= 15 is 0 Å². The first-order valence-corrected chi connectivity index (χ1v) is 6.34. The summed E-state index contributed by atoms with van der Waals surface area (Å²) in [7, 11) is 0. The molecule has 0 fully saturated rings. The molecule has 0 bridgehead atoms. The Morgan fingerprint density at radius 1 is 1.29 bits per heavy atom. The van der Waals surface area contributed by atoms with E-state index in [1.165, 1.54) is 4.68 Å². The zero-order chi connectivity index (χ0) is 14.7. The van der Waals surface area contributed by atoms with Crippen molar-refractivity contribution in [2.45, 2.75) is 20.0 Å². The van der Waals surface area contributed by atoms with Crippen LogP contribution in [0.4, 0.5) is 22.9 Å². The van der Waals surface area contributed by atoms with E-state index in [-0.39, 0.29) is 19.0 Å². The van der Waals surface area contributed by atoms with Crippen LogP contribution in [0.1, 0.15) is 11.3 Å². The van der Waals surface area contributed by atoms with E-state index in [0.29, 0.717) is 30.3 Å². The lowest BCUT2D eigenvalue weighted by Gasteiger charge is -2.07. The summed E-state index contributed by atoms with van der Waals surface area (Å²) in [4.78, 5) is 0. The number of nitrogens with one attached hydrogen (secondary N) is 1. The Morgan fingerprint density at radius 3 is 2.62 bits per heavy atom. The maximum Gasteiger partial charge on any atom is 0.145 e. The molecular formula is C13H21ClN6O. The van der Waals surface area contributed by atoms with Crippen LogP contribution in [-0.2, 0) is 13.1 Å². The lowest BCUT2D eigenvalue weighted by Crippen LogP contribution is -2.08. The van der Waals surface area contributed by atoms with Crippen LogP contribution >= 0.6 is 12.4 Å². The van der Waals surface area contributed by atoms with Crippen LogP contribution in [0.3, 0.4) is 0 Å². The Morgan fingerprint density at radius 2 is 2.00 bits per heavy atom. The van der Waals surface area contributed by atoms with Crippen LogP contribution in [0.25, 0.3) is 0 Å². The first-order valence-electron chi connectivity index (χ1n) is 6.34. The smallest absolute Gasteiger partial charge is 0.145 e. The number of hydrogen-bond donors (Lipinski definition) is 5. The van der Waals surface area contributed by atoms with E-state index in [4.69, 9.17) is 22.3 Å². The Kier molecular flexibility index (Phi) is 5.69. The Labute approximate surface area is 129 Å². The second-order valence-corrected chi connectivity index (χ2v) is 4.62. The monoisotopic (exact) mass is 312 g/mol. The fraction of sp³-hybridized carbons (Fsp3) is 0.308. The summed E-state index contributed by atoms with van der Waals surface area (Å²) in [6.07, 6.45) is 0. The average molecular weight is 313 g/mol. The molecule has 0 aliphatic rings. The molecule has 1 aromatic carbocycles. The van der Waals surface area contributed by atoms with Gasteiger partial charge in [0.25, 0.3) is 0 Å². The van der Waals surface area contributed by atoms with Gasteiger partial charge in [0.2, 0.25) is 0 Å². The van der Waals surface area contributed by atoms with E-state index in [2.05, 4.69) is 10.4 Å². The molecule has 0 radical (unpaired) electrons. The number of aryl methyl sites for hydroxylation is 1. The van der Waals surface area contributed by atoms with Gasteiger partial charge < -0.3 is 27.6 Å². The largest absolute Gasteiger partial charge is 0.399 e. The fourth-order valence-corrected chi connectivity index (χ4v) is 1.91. The number of nitrogens with two attached hydrogens (primary N) is 3. The molecule has 116 valence electrons. The van der Waals surface area contributed by atoms with Crippen LogP contribution in [0.15, 0.2) is 18.2 Å². The maximum absolute atomic E-state index is 8.92. The summed E-state index contributed by atoms with van der Waals surface area (Å²) in [6.45, 7) is 2.70. The zero-order valence-electron chi connectivity index (χ0n) is 11.8. The van der Waals surface area contributed by atoms with Gasteiger partial charge in [-0.1, -0.05) is 0 Å².